The number of hydrogen-bond donors (Lipinski definition) is 1. The van der Waals surface area contributed by atoms with Crippen LogP contribution in [0.5, 0.6) is 23.0 Å². The predicted molar refractivity (Wildman–Crippen MR) is 143 cm³/mol. The van der Waals surface area contributed by atoms with Crippen molar-refractivity contribution in [3.05, 3.63) is 76.6 Å². The molecule has 0 aliphatic rings. The van der Waals surface area contributed by atoms with Gasteiger partial charge in [-0.15, -0.1) is 0 Å². The Kier molecular flexibility index (Phi) is 9.34. The van der Waals surface area contributed by atoms with Crippen molar-refractivity contribution in [2.75, 3.05) is 21.3 Å². The molecule has 3 aromatic rings. The maximum Gasteiger partial charge on any atom is 0.309 e. The summed E-state index contributed by atoms with van der Waals surface area (Å²) >= 11 is 0. The number of methoxy groups -OCH3 is 3. The summed E-state index contributed by atoms with van der Waals surface area (Å²) in [5.41, 5.74) is 3.60. The molecule has 0 radical (unpaired) electrons. The van der Waals surface area contributed by atoms with Gasteiger partial charge in [0.15, 0.2) is 23.0 Å². The first-order chi connectivity index (χ1) is 18.1. The first kappa shape index (κ1) is 28.5. The van der Waals surface area contributed by atoms with E-state index in [1.807, 2.05) is 57.2 Å². The summed E-state index contributed by atoms with van der Waals surface area (Å²) in [5, 5.41) is 10.3. The van der Waals surface area contributed by atoms with Gasteiger partial charge in [0, 0.05) is 29.8 Å². The maximum absolute atomic E-state index is 13.2. The molecule has 1 N–H and O–H groups in total. The Morgan fingerprint density at radius 2 is 1.37 bits per heavy atom. The quantitative estimate of drug-likeness (QED) is 0.264. The lowest BCUT2D eigenvalue weighted by atomic mass is 9.85. The first-order valence-corrected chi connectivity index (χ1v) is 12.4. The Labute approximate surface area is 223 Å². The van der Waals surface area contributed by atoms with Crippen LogP contribution in [0.2, 0.25) is 0 Å². The topological polar surface area (TPSA) is 104 Å². The van der Waals surface area contributed by atoms with Gasteiger partial charge in [-0.3, -0.25) is 9.59 Å². The van der Waals surface area contributed by atoms with E-state index in [9.17, 15) is 14.7 Å². The van der Waals surface area contributed by atoms with Gasteiger partial charge in [0.1, 0.15) is 17.6 Å². The van der Waals surface area contributed by atoms with E-state index in [2.05, 4.69) is 4.98 Å². The normalized spacial score (nSPS) is 12.5. The molecule has 0 aliphatic carbocycles. The minimum atomic E-state index is -0.780. The minimum absolute atomic E-state index is 0.133. The highest BCUT2D eigenvalue weighted by atomic mass is 16.5. The molecule has 8 nitrogen and oxygen atoms in total. The number of rotatable bonds is 11. The molecule has 0 bridgehead atoms. The number of aromatic nitrogens is 1. The Bertz CT molecular complexity index is 1250. The number of aromatic hydroxyl groups is 1. The van der Waals surface area contributed by atoms with E-state index >= 15 is 0 Å². The van der Waals surface area contributed by atoms with Gasteiger partial charge < -0.3 is 24.1 Å². The average Bonchev–Trinajstić information content (AvgIpc) is 2.90. The fourth-order valence-corrected chi connectivity index (χ4v) is 4.45. The lowest BCUT2D eigenvalue weighted by Crippen LogP contribution is -2.28. The highest BCUT2D eigenvalue weighted by Gasteiger charge is 2.32. The third-order valence-corrected chi connectivity index (χ3v) is 6.48. The van der Waals surface area contributed by atoms with Crippen LogP contribution in [0, 0.1) is 19.8 Å². The van der Waals surface area contributed by atoms with Crippen molar-refractivity contribution < 1.29 is 33.6 Å². The van der Waals surface area contributed by atoms with Gasteiger partial charge in [-0.25, -0.2) is 4.98 Å². The summed E-state index contributed by atoms with van der Waals surface area (Å²) in [7, 11) is 4.59. The van der Waals surface area contributed by atoms with Crippen LogP contribution in [-0.4, -0.2) is 49.3 Å². The van der Waals surface area contributed by atoms with Crippen molar-refractivity contribution in [1.82, 2.24) is 4.98 Å². The summed E-state index contributed by atoms with van der Waals surface area (Å²) in [6, 6.07) is 13.2. The monoisotopic (exact) mass is 521 g/mol. The fourth-order valence-electron chi connectivity index (χ4n) is 4.45. The van der Waals surface area contributed by atoms with E-state index < -0.39 is 29.7 Å². The second-order valence-electron chi connectivity index (χ2n) is 9.35. The molecule has 8 heteroatoms. The summed E-state index contributed by atoms with van der Waals surface area (Å²) in [4.78, 5) is 30.0. The zero-order valence-corrected chi connectivity index (χ0v) is 22.9. The number of nitrogens with zero attached hydrogens (tertiary/aromatic N) is 1. The molecule has 3 rings (SSSR count). The minimum Gasteiger partial charge on any atom is -0.503 e. The number of pyridine rings is 1. The number of hydrogen-bond acceptors (Lipinski definition) is 8. The molecule has 202 valence electrons. The summed E-state index contributed by atoms with van der Waals surface area (Å²) < 4.78 is 22.4. The third kappa shape index (κ3) is 6.25. The van der Waals surface area contributed by atoms with E-state index in [-0.39, 0.29) is 23.6 Å². The summed E-state index contributed by atoms with van der Waals surface area (Å²) in [6.07, 6.45) is 0.549. The van der Waals surface area contributed by atoms with E-state index in [4.69, 9.17) is 18.9 Å². The van der Waals surface area contributed by atoms with Crippen molar-refractivity contribution in [2.45, 2.75) is 46.1 Å². The van der Waals surface area contributed by atoms with Gasteiger partial charge in [-0.1, -0.05) is 31.2 Å². The molecule has 1 aromatic heterocycles. The van der Waals surface area contributed by atoms with Crippen LogP contribution in [0.25, 0.3) is 0 Å². The predicted octanol–water partition coefficient (Wildman–Crippen LogP) is 5.40. The van der Waals surface area contributed by atoms with Crippen LogP contribution < -0.4 is 14.2 Å². The number of ether oxygens (including phenoxy) is 4. The van der Waals surface area contributed by atoms with Crippen LogP contribution in [0.15, 0.2) is 48.7 Å². The number of esters is 1. The zero-order chi connectivity index (χ0) is 28.0. The molecule has 1 heterocycles. The van der Waals surface area contributed by atoms with Crippen LogP contribution in [0.3, 0.4) is 0 Å². The Hall–Kier alpha value is -4.07. The molecular weight excluding hydrogens is 486 g/mol. The molecule has 0 saturated carbocycles. The molecular formula is C30H35NO7. The SMILES string of the molecule is COc1cc(C)ccc1C(c1ccc(C)cc1OC)[C@H](C)OC(=O)[C@H](C)CC(=O)c1nccc(OC)c1O. The van der Waals surface area contributed by atoms with Gasteiger partial charge in [0.2, 0.25) is 0 Å². The van der Waals surface area contributed by atoms with Crippen molar-refractivity contribution in [2.24, 2.45) is 5.92 Å². The Morgan fingerprint density at radius 3 is 1.87 bits per heavy atom. The van der Waals surface area contributed by atoms with Crippen molar-refractivity contribution >= 4 is 11.8 Å². The average molecular weight is 522 g/mol. The number of carbonyl (C=O) groups excluding carboxylic acids is 2. The second kappa shape index (κ2) is 12.4. The molecule has 0 amide bonds. The van der Waals surface area contributed by atoms with Crippen LogP contribution in [0.1, 0.15) is 58.9 Å². The van der Waals surface area contributed by atoms with E-state index in [1.165, 1.54) is 19.4 Å². The number of Topliss-reactive ketones (excluding diaryl/α,β-unsaturated/α-hetero) is 1. The standard InChI is InChI=1S/C30H35NO7/c1-17-8-10-21(25(14-17)36-6)27(22-11-9-18(2)15-26(22)37-7)20(4)38-30(34)19(3)16-23(32)28-29(33)24(35-5)12-13-31-28/h8-15,19-20,27,33H,16H2,1-7H3/t19-,20+/m1/s1. The summed E-state index contributed by atoms with van der Waals surface area (Å²) in [5.74, 6) is -1.10. The number of benzene rings is 2. The smallest absolute Gasteiger partial charge is 0.309 e. The molecule has 0 unspecified atom stereocenters. The Morgan fingerprint density at radius 1 is 0.842 bits per heavy atom. The largest absolute Gasteiger partial charge is 0.503 e. The molecule has 0 aliphatic heterocycles. The fraction of sp³-hybridized carbons (Fsp3) is 0.367. The van der Waals surface area contributed by atoms with Crippen LogP contribution in [-0.2, 0) is 9.53 Å². The number of ketones is 1. The van der Waals surface area contributed by atoms with Crippen LogP contribution in [0.4, 0.5) is 0 Å². The van der Waals surface area contributed by atoms with Gasteiger partial charge in [-0.2, -0.15) is 0 Å². The first-order valence-electron chi connectivity index (χ1n) is 12.4. The highest BCUT2D eigenvalue weighted by Crippen LogP contribution is 2.41. The van der Waals surface area contributed by atoms with Crippen molar-refractivity contribution in [3.63, 3.8) is 0 Å². The maximum atomic E-state index is 13.2. The Balaban J connectivity index is 1.89. The molecule has 2 atom stereocenters. The van der Waals surface area contributed by atoms with Crippen LogP contribution >= 0.6 is 0 Å². The van der Waals surface area contributed by atoms with E-state index in [0.29, 0.717) is 11.5 Å². The molecule has 2 aromatic carbocycles. The molecule has 38 heavy (non-hydrogen) atoms. The van der Waals surface area contributed by atoms with Crippen molar-refractivity contribution in [1.29, 1.82) is 0 Å². The second-order valence-corrected chi connectivity index (χ2v) is 9.35. The lowest BCUT2D eigenvalue weighted by molar-refractivity contribution is -0.153. The van der Waals surface area contributed by atoms with E-state index in [0.717, 1.165) is 22.3 Å². The molecule has 0 saturated heterocycles. The van der Waals surface area contributed by atoms with Gasteiger partial charge >= 0.3 is 5.97 Å². The zero-order valence-electron chi connectivity index (χ0n) is 22.9. The van der Waals surface area contributed by atoms with E-state index in [1.54, 1.807) is 21.1 Å². The van der Waals surface area contributed by atoms with Crippen molar-refractivity contribution in [3.8, 4) is 23.0 Å². The third-order valence-electron chi connectivity index (χ3n) is 6.48. The molecule has 0 spiro atoms. The lowest BCUT2D eigenvalue weighted by Gasteiger charge is -2.29. The van der Waals surface area contributed by atoms with Gasteiger partial charge in [0.05, 0.1) is 33.2 Å². The number of aryl methyl sites for hydroxylation is 2. The highest BCUT2D eigenvalue weighted by molar-refractivity contribution is 5.99. The molecule has 0 fully saturated rings. The van der Waals surface area contributed by atoms with Gasteiger partial charge in [-0.05, 0) is 44.0 Å². The summed E-state index contributed by atoms with van der Waals surface area (Å²) in [6.45, 7) is 7.37. The number of carbonyl (C=O) groups is 2. The van der Waals surface area contributed by atoms with Gasteiger partial charge in [0.25, 0.3) is 0 Å².